The Morgan fingerprint density at radius 3 is 2.48 bits per heavy atom. The van der Waals surface area contributed by atoms with Gasteiger partial charge in [0, 0.05) is 43.4 Å². The van der Waals surface area contributed by atoms with Gasteiger partial charge in [-0.2, -0.15) is 0 Å². The third-order valence-electron chi connectivity index (χ3n) is 5.39. The van der Waals surface area contributed by atoms with Crippen LogP contribution in [0.3, 0.4) is 0 Å². The Hall–Kier alpha value is -2.67. The summed E-state index contributed by atoms with van der Waals surface area (Å²) in [5, 5.41) is 6.45. The van der Waals surface area contributed by atoms with Crippen LogP contribution in [0.15, 0.2) is 61.2 Å². The highest BCUT2D eigenvalue weighted by Gasteiger charge is 2.31. The van der Waals surface area contributed by atoms with Crippen LogP contribution in [0.1, 0.15) is 17.2 Å². The summed E-state index contributed by atoms with van der Waals surface area (Å²) >= 11 is 6.23. The Kier molecular flexibility index (Phi) is 8.23. The lowest BCUT2D eigenvalue weighted by Crippen LogP contribution is -2.52. The highest BCUT2D eigenvalue weighted by Crippen LogP contribution is 2.26. The largest absolute Gasteiger partial charge is 0.352 e. The van der Waals surface area contributed by atoms with Crippen LogP contribution in [0, 0.1) is 6.92 Å². The molecule has 6 nitrogen and oxygen atoms in total. The molecule has 7 heteroatoms. The van der Waals surface area contributed by atoms with E-state index < -0.39 is 6.04 Å². The average Bonchev–Trinajstić information content (AvgIpc) is 2.77. The Balaban J connectivity index is 1.69. The standard InChI is InChI=1S/C24H29ClN4O2/c1-3-11-26-22(30)17-28-12-14-29(15-13-28)23(19-7-5-4-6-8-19)24(31)27-20-10-9-18(2)21(25)16-20/h3-10,16,23H,1,11-15,17H2,2H3,(H,26,30)(H,27,31). The fourth-order valence-electron chi connectivity index (χ4n) is 3.67. The molecule has 0 saturated carbocycles. The first-order valence-corrected chi connectivity index (χ1v) is 10.8. The van der Waals surface area contributed by atoms with Crippen LogP contribution in [-0.2, 0) is 9.59 Å². The number of carbonyl (C=O) groups is 2. The number of hydrogen-bond acceptors (Lipinski definition) is 4. The van der Waals surface area contributed by atoms with Gasteiger partial charge in [-0.05, 0) is 30.2 Å². The number of anilines is 1. The predicted octanol–water partition coefficient (Wildman–Crippen LogP) is 3.25. The van der Waals surface area contributed by atoms with Gasteiger partial charge in [0.05, 0.1) is 6.54 Å². The molecule has 1 aliphatic heterocycles. The molecular weight excluding hydrogens is 412 g/mol. The molecule has 0 bridgehead atoms. The van der Waals surface area contributed by atoms with Gasteiger partial charge in [-0.15, -0.1) is 6.58 Å². The van der Waals surface area contributed by atoms with Gasteiger partial charge in [0.15, 0.2) is 0 Å². The van der Waals surface area contributed by atoms with Gasteiger partial charge >= 0.3 is 0 Å². The van der Waals surface area contributed by atoms with Crippen LogP contribution in [0.25, 0.3) is 0 Å². The fraction of sp³-hybridized carbons (Fsp3) is 0.333. The summed E-state index contributed by atoms with van der Waals surface area (Å²) in [5.74, 6) is -0.106. The molecule has 2 amide bonds. The zero-order valence-electron chi connectivity index (χ0n) is 17.8. The van der Waals surface area contributed by atoms with Crippen molar-refractivity contribution in [3.8, 4) is 0 Å². The molecule has 1 fully saturated rings. The summed E-state index contributed by atoms with van der Waals surface area (Å²) in [6.07, 6.45) is 1.67. The van der Waals surface area contributed by atoms with Crippen LogP contribution in [0.4, 0.5) is 5.69 Å². The third kappa shape index (κ3) is 6.40. The Bertz CT molecular complexity index is 911. The molecular formula is C24H29ClN4O2. The maximum Gasteiger partial charge on any atom is 0.246 e. The van der Waals surface area contributed by atoms with Crippen LogP contribution >= 0.6 is 11.6 Å². The van der Waals surface area contributed by atoms with E-state index >= 15 is 0 Å². The molecule has 1 atom stereocenters. The maximum atomic E-state index is 13.3. The van der Waals surface area contributed by atoms with E-state index in [0.717, 1.165) is 11.1 Å². The maximum absolute atomic E-state index is 13.3. The van der Waals surface area contributed by atoms with E-state index in [9.17, 15) is 9.59 Å². The van der Waals surface area contributed by atoms with E-state index in [2.05, 4.69) is 27.0 Å². The lowest BCUT2D eigenvalue weighted by atomic mass is 10.0. The number of piperazine rings is 1. The number of benzene rings is 2. The molecule has 0 radical (unpaired) electrons. The lowest BCUT2D eigenvalue weighted by molar-refractivity contribution is -0.125. The number of nitrogens with zero attached hydrogens (tertiary/aromatic N) is 2. The van der Waals surface area contributed by atoms with Crippen LogP contribution in [-0.4, -0.2) is 60.9 Å². The molecule has 1 aliphatic rings. The number of aryl methyl sites for hydroxylation is 1. The second-order valence-electron chi connectivity index (χ2n) is 7.67. The topological polar surface area (TPSA) is 64.7 Å². The van der Waals surface area contributed by atoms with E-state index in [1.54, 1.807) is 12.1 Å². The summed E-state index contributed by atoms with van der Waals surface area (Å²) in [7, 11) is 0. The molecule has 2 aromatic carbocycles. The predicted molar refractivity (Wildman–Crippen MR) is 125 cm³/mol. The molecule has 0 spiro atoms. The van der Waals surface area contributed by atoms with Gasteiger partial charge in [-0.1, -0.05) is 54.1 Å². The fourth-order valence-corrected chi connectivity index (χ4v) is 3.85. The zero-order chi connectivity index (χ0) is 22.2. The van der Waals surface area contributed by atoms with Gasteiger partial charge in [0.2, 0.25) is 11.8 Å². The van der Waals surface area contributed by atoms with Gasteiger partial charge in [0.25, 0.3) is 0 Å². The quantitative estimate of drug-likeness (QED) is 0.618. The highest BCUT2D eigenvalue weighted by molar-refractivity contribution is 6.31. The van der Waals surface area contributed by atoms with Crippen molar-refractivity contribution < 1.29 is 9.59 Å². The lowest BCUT2D eigenvalue weighted by Gasteiger charge is -2.38. The summed E-state index contributed by atoms with van der Waals surface area (Å²) in [4.78, 5) is 29.6. The van der Waals surface area contributed by atoms with Crippen molar-refractivity contribution in [3.63, 3.8) is 0 Å². The second kappa shape index (κ2) is 11.1. The van der Waals surface area contributed by atoms with Crippen molar-refractivity contribution in [2.24, 2.45) is 0 Å². The van der Waals surface area contributed by atoms with Crippen LogP contribution in [0.2, 0.25) is 5.02 Å². The first-order chi connectivity index (χ1) is 15.0. The second-order valence-corrected chi connectivity index (χ2v) is 8.08. The van der Waals surface area contributed by atoms with Crippen molar-refractivity contribution in [3.05, 3.63) is 77.3 Å². The third-order valence-corrected chi connectivity index (χ3v) is 5.79. The zero-order valence-corrected chi connectivity index (χ0v) is 18.6. The molecule has 1 unspecified atom stereocenters. The minimum absolute atomic E-state index is 0.0121. The number of amides is 2. The van der Waals surface area contributed by atoms with Crippen molar-refractivity contribution in [2.45, 2.75) is 13.0 Å². The van der Waals surface area contributed by atoms with Gasteiger partial charge < -0.3 is 10.6 Å². The number of halogens is 1. The molecule has 164 valence electrons. The smallest absolute Gasteiger partial charge is 0.246 e. The average molecular weight is 441 g/mol. The molecule has 1 saturated heterocycles. The molecule has 2 aromatic rings. The number of rotatable bonds is 8. The van der Waals surface area contributed by atoms with Gasteiger partial charge in [-0.25, -0.2) is 0 Å². The molecule has 0 aliphatic carbocycles. The minimum atomic E-state index is -0.418. The Morgan fingerprint density at radius 1 is 1.13 bits per heavy atom. The summed E-state index contributed by atoms with van der Waals surface area (Å²) in [5.41, 5.74) is 2.59. The SMILES string of the molecule is C=CCNC(=O)CN1CCN(C(C(=O)Nc2ccc(C)c(Cl)c2)c2ccccc2)CC1. The first kappa shape index (κ1) is 23.0. The van der Waals surface area contributed by atoms with E-state index in [1.165, 1.54) is 0 Å². The number of nitrogens with one attached hydrogen (secondary N) is 2. The summed E-state index contributed by atoms with van der Waals surface area (Å²) < 4.78 is 0. The Labute approximate surface area is 188 Å². The highest BCUT2D eigenvalue weighted by atomic mass is 35.5. The number of hydrogen-bond donors (Lipinski definition) is 2. The monoisotopic (exact) mass is 440 g/mol. The molecule has 3 rings (SSSR count). The minimum Gasteiger partial charge on any atom is -0.352 e. The van der Waals surface area contributed by atoms with E-state index in [-0.39, 0.29) is 11.8 Å². The van der Waals surface area contributed by atoms with Crippen molar-refractivity contribution in [2.75, 3.05) is 44.6 Å². The molecule has 31 heavy (non-hydrogen) atoms. The summed E-state index contributed by atoms with van der Waals surface area (Å²) in [6.45, 7) is 9.18. The van der Waals surface area contributed by atoms with Gasteiger partial charge in [0.1, 0.15) is 6.04 Å². The molecule has 1 heterocycles. The molecule has 2 N–H and O–H groups in total. The van der Waals surface area contributed by atoms with Gasteiger partial charge in [-0.3, -0.25) is 19.4 Å². The first-order valence-electron chi connectivity index (χ1n) is 10.4. The molecule has 0 aromatic heterocycles. The van der Waals surface area contributed by atoms with Crippen molar-refractivity contribution in [1.29, 1.82) is 0 Å². The van der Waals surface area contributed by atoms with E-state index in [0.29, 0.717) is 50.0 Å². The van der Waals surface area contributed by atoms with E-state index in [4.69, 9.17) is 11.6 Å². The van der Waals surface area contributed by atoms with Crippen molar-refractivity contribution >= 4 is 29.1 Å². The van der Waals surface area contributed by atoms with Crippen LogP contribution in [0.5, 0.6) is 0 Å². The van der Waals surface area contributed by atoms with Crippen LogP contribution < -0.4 is 10.6 Å². The normalized spacial score (nSPS) is 15.8. The summed E-state index contributed by atoms with van der Waals surface area (Å²) in [6, 6.07) is 14.9. The Morgan fingerprint density at radius 2 is 1.84 bits per heavy atom. The number of carbonyl (C=O) groups excluding carboxylic acids is 2. The van der Waals surface area contributed by atoms with Crippen molar-refractivity contribution in [1.82, 2.24) is 15.1 Å². The van der Waals surface area contributed by atoms with E-state index in [1.807, 2.05) is 49.4 Å².